The maximum Gasteiger partial charge on any atom is 0.316 e. The van der Waals surface area contributed by atoms with Crippen LogP contribution in [0.1, 0.15) is 26.7 Å². The number of ketones is 2. The van der Waals surface area contributed by atoms with Crippen molar-refractivity contribution < 1.29 is 18.8 Å². The second-order valence-electron chi connectivity index (χ2n) is 6.77. The average Bonchev–Trinajstić information content (AvgIpc) is 3.13. The van der Waals surface area contributed by atoms with E-state index < -0.39 is 23.7 Å². The Balaban J connectivity index is 1.69. The van der Waals surface area contributed by atoms with Crippen molar-refractivity contribution in [2.75, 3.05) is 11.9 Å². The molecule has 2 N–H and O–H groups in total. The first-order chi connectivity index (χ1) is 13.0. The molecule has 0 spiro atoms. The molecule has 1 aliphatic heterocycles. The van der Waals surface area contributed by atoms with Crippen molar-refractivity contribution in [3.05, 3.63) is 24.4 Å². The molecule has 0 saturated carbocycles. The second kappa shape index (κ2) is 8.07. The molecule has 142 valence electrons. The quantitative estimate of drug-likeness (QED) is 0.696. The number of carbonyl (C=O) groups excluding carboxylic acids is 3. The van der Waals surface area contributed by atoms with Crippen molar-refractivity contribution in [2.45, 2.75) is 32.7 Å². The van der Waals surface area contributed by atoms with Crippen LogP contribution in [0.3, 0.4) is 0 Å². The van der Waals surface area contributed by atoms with Crippen LogP contribution >= 0.6 is 0 Å². The number of piperidine rings is 1. The number of pyridine rings is 1. The summed E-state index contributed by atoms with van der Waals surface area (Å²) in [5.74, 6) is -1.74. The molecule has 3 heterocycles. The molecular formula is C18H21N5O4. The van der Waals surface area contributed by atoms with Gasteiger partial charge in [0, 0.05) is 25.1 Å². The Hall–Kier alpha value is -3.10. The molecule has 2 aromatic heterocycles. The van der Waals surface area contributed by atoms with Gasteiger partial charge in [0.25, 0.3) is 11.8 Å². The molecule has 1 aliphatic rings. The number of nitrogens with one attached hydrogen (secondary N) is 2. The van der Waals surface area contributed by atoms with Gasteiger partial charge in [-0.15, -0.1) is 5.10 Å². The average molecular weight is 371 g/mol. The molecule has 9 heteroatoms. The Bertz CT molecular complexity index is 833. The van der Waals surface area contributed by atoms with Gasteiger partial charge in [0.15, 0.2) is 5.78 Å². The van der Waals surface area contributed by atoms with Crippen LogP contribution in [0.4, 0.5) is 6.01 Å². The van der Waals surface area contributed by atoms with E-state index in [1.54, 1.807) is 24.4 Å². The first kappa shape index (κ1) is 18.7. The third-order valence-electron chi connectivity index (χ3n) is 4.42. The molecule has 9 nitrogen and oxygen atoms in total. The zero-order chi connectivity index (χ0) is 19.4. The fourth-order valence-electron chi connectivity index (χ4n) is 2.95. The SMILES string of the molecule is CC(C)C(Nc1nnc(-c2ccccn2)o1)C(=O)CC1CCNC(=O)C1=O. The predicted octanol–water partition coefficient (Wildman–Crippen LogP) is 1.23. The molecule has 1 saturated heterocycles. The Morgan fingerprint density at radius 3 is 2.85 bits per heavy atom. The van der Waals surface area contributed by atoms with Crippen molar-refractivity contribution in [3.63, 3.8) is 0 Å². The van der Waals surface area contributed by atoms with Gasteiger partial charge in [-0.25, -0.2) is 0 Å². The summed E-state index contributed by atoms with van der Waals surface area (Å²) in [4.78, 5) is 40.3. The van der Waals surface area contributed by atoms with E-state index in [0.29, 0.717) is 18.7 Å². The fourth-order valence-corrected chi connectivity index (χ4v) is 2.95. The Morgan fingerprint density at radius 2 is 2.15 bits per heavy atom. The topological polar surface area (TPSA) is 127 Å². The largest absolute Gasteiger partial charge is 0.402 e. The zero-order valence-corrected chi connectivity index (χ0v) is 15.1. The van der Waals surface area contributed by atoms with Crippen molar-refractivity contribution in [1.29, 1.82) is 0 Å². The van der Waals surface area contributed by atoms with Crippen LogP contribution in [0.2, 0.25) is 0 Å². The van der Waals surface area contributed by atoms with Gasteiger partial charge in [-0.3, -0.25) is 19.4 Å². The van der Waals surface area contributed by atoms with Crippen LogP contribution in [0, 0.1) is 11.8 Å². The molecule has 1 amide bonds. The van der Waals surface area contributed by atoms with E-state index in [2.05, 4.69) is 25.8 Å². The number of rotatable bonds is 7. The van der Waals surface area contributed by atoms with Gasteiger partial charge >= 0.3 is 6.01 Å². The minimum atomic E-state index is -0.620. The van der Waals surface area contributed by atoms with E-state index in [4.69, 9.17) is 4.42 Å². The van der Waals surface area contributed by atoms with E-state index >= 15 is 0 Å². The molecule has 2 atom stereocenters. The van der Waals surface area contributed by atoms with Gasteiger partial charge in [-0.2, -0.15) is 0 Å². The van der Waals surface area contributed by atoms with E-state index in [0.717, 1.165) is 0 Å². The van der Waals surface area contributed by atoms with Crippen LogP contribution in [0.5, 0.6) is 0 Å². The molecule has 27 heavy (non-hydrogen) atoms. The molecule has 2 unspecified atom stereocenters. The summed E-state index contributed by atoms with van der Waals surface area (Å²) < 4.78 is 5.55. The standard InChI is InChI=1S/C18H21N5O4/c1-10(2)14(13(24)9-11-6-8-20-16(26)15(11)25)21-18-23-22-17(27-18)12-5-3-4-7-19-12/h3-5,7,10-11,14H,6,8-9H2,1-2H3,(H,20,26)(H,21,23). The smallest absolute Gasteiger partial charge is 0.316 e. The normalized spacial score (nSPS) is 18.3. The van der Waals surface area contributed by atoms with E-state index in [1.807, 2.05) is 13.8 Å². The first-order valence-corrected chi connectivity index (χ1v) is 8.82. The summed E-state index contributed by atoms with van der Waals surface area (Å²) in [6.07, 6.45) is 2.08. The van der Waals surface area contributed by atoms with Crippen LogP contribution in [0.15, 0.2) is 28.8 Å². The molecule has 2 aromatic rings. The zero-order valence-electron chi connectivity index (χ0n) is 15.1. The lowest BCUT2D eigenvalue weighted by molar-refractivity contribution is -0.143. The lowest BCUT2D eigenvalue weighted by atomic mass is 9.87. The van der Waals surface area contributed by atoms with Crippen molar-refractivity contribution >= 4 is 23.5 Å². The number of carbonyl (C=O) groups is 3. The predicted molar refractivity (Wildman–Crippen MR) is 95.5 cm³/mol. The van der Waals surface area contributed by atoms with Crippen LogP contribution in [-0.4, -0.2) is 45.2 Å². The Morgan fingerprint density at radius 1 is 1.33 bits per heavy atom. The maximum absolute atomic E-state index is 12.7. The van der Waals surface area contributed by atoms with Gasteiger partial charge < -0.3 is 15.1 Å². The second-order valence-corrected chi connectivity index (χ2v) is 6.77. The number of Topliss-reactive ketones (excluding diaryl/α,β-unsaturated/α-hetero) is 2. The van der Waals surface area contributed by atoms with E-state index in [-0.39, 0.29) is 30.0 Å². The van der Waals surface area contributed by atoms with Crippen molar-refractivity contribution in [2.24, 2.45) is 11.8 Å². The third kappa shape index (κ3) is 4.36. The third-order valence-corrected chi connectivity index (χ3v) is 4.42. The number of amides is 1. The summed E-state index contributed by atoms with van der Waals surface area (Å²) in [5.41, 5.74) is 0.532. The molecule has 0 aromatic carbocycles. The number of hydrogen-bond donors (Lipinski definition) is 2. The summed E-state index contributed by atoms with van der Waals surface area (Å²) in [5, 5.41) is 13.3. The molecule has 0 bridgehead atoms. The highest BCUT2D eigenvalue weighted by atomic mass is 16.4. The summed E-state index contributed by atoms with van der Waals surface area (Å²) >= 11 is 0. The highest BCUT2D eigenvalue weighted by Gasteiger charge is 2.34. The molecular weight excluding hydrogens is 350 g/mol. The summed E-state index contributed by atoms with van der Waals surface area (Å²) in [6, 6.07) is 4.81. The summed E-state index contributed by atoms with van der Waals surface area (Å²) in [7, 11) is 0. The van der Waals surface area contributed by atoms with E-state index in [1.165, 1.54) is 0 Å². The number of nitrogens with zero attached hydrogens (tertiary/aromatic N) is 3. The Kier molecular flexibility index (Phi) is 5.58. The molecule has 0 aliphatic carbocycles. The molecule has 1 fully saturated rings. The van der Waals surface area contributed by atoms with E-state index in [9.17, 15) is 14.4 Å². The summed E-state index contributed by atoms with van der Waals surface area (Å²) in [6.45, 7) is 4.15. The first-order valence-electron chi connectivity index (χ1n) is 8.82. The number of anilines is 1. The van der Waals surface area contributed by atoms with Crippen molar-refractivity contribution in [3.8, 4) is 11.6 Å². The van der Waals surface area contributed by atoms with Gasteiger partial charge in [0.05, 0.1) is 6.04 Å². The highest BCUT2D eigenvalue weighted by Crippen LogP contribution is 2.22. The van der Waals surface area contributed by atoms with Crippen molar-refractivity contribution in [1.82, 2.24) is 20.5 Å². The minimum Gasteiger partial charge on any atom is -0.402 e. The number of aromatic nitrogens is 3. The minimum absolute atomic E-state index is 0.00331. The lowest BCUT2D eigenvalue weighted by Gasteiger charge is -2.24. The van der Waals surface area contributed by atoms with Gasteiger partial charge in [0.2, 0.25) is 5.78 Å². The highest BCUT2D eigenvalue weighted by molar-refractivity contribution is 6.37. The number of hydrogen-bond acceptors (Lipinski definition) is 8. The van der Waals surface area contributed by atoms with Gasteiger partial charge in [0.1, 0.15) is 5.69 Å². The van der Waals surface area contributed by atoms with Gasteiger partial charge in [-0.05, 0) is 24.5 Å². The maximum atomic E-state index is 12.7. The van der Waals surface area contributed by atoms with Crippen LogP contribution in [0.25, 0.3) is 11.6 Å². The van der Waals surface area contributed by atoms with Gasteiger partial charge in [-0.1, -0.05) is 25.0 Å². The van der Waals surface area contributed by atoms with Crippen LogP contribution < -0.4 is 10.6 Å². The molecule has 0 radical (unpaired) electrons. The van der Waals surface area contributed by atoms with Crippen LogP contribution in [-0.2, 0) is 14.4 Å². The lowest BCUT2D eigenvalue weighted by Crippen LogP contribution is -2.45. The fraction of sp³-hybridized carbons (Fsp3) is 0.444. The molecule has 3 rings (SSSR count). The Labute approximate surface area is 156 Å². The monoisotopic (exact) mass is 371 g/mol.